The summed E-state index contributed by atoms with van der Waals surface area (Å²) in [5.41, 5.74) is 10.4. The Morgan fingerprint density at radius 1 is 1.19 bits per heavy atom. The van der Waals surface area contributed by atoms with E-state index in [1.165, 1.54) is 18.9 Å². The fraction of sp³-hybridized carbons (Fsp3) is 0.261. The van der Waals surface area contributed by atoms with Crippen molar-refractivity contribution in [2.75, 3.05) is 0 Å². The van der Waals surface area contributed by atoms with Crippen molar-refractivity contribution in [3.05, 3.63) is 54.3 Å². The Morgan fingerprint density at radius 3 is 2.94 bits per heavy atom. The lowest BCUT2D eigenvalue weighted by Crippen LogP contribution is -2.06. The van der Waals surface area contributed by atoms with E-state index >= 15 is 0 Å². The van der Waals surface area contributed by atoms with E-state index in [1.54, 1.807) is 18.5 Å². The Labute approximate surface area is 178 Å². The van der Waals surface area contributed by atoms with Crippen LogP contribution in [0.5, 0.6) is 0 Å². The largest absolute Gasteiger partial charge is 0.366 e. The van der Waals surface area contributed by atoms with E-state index in [4.69, 9.17) is 20.8 Å². The van der Waals surface area contributed by atoms with Crippen LogP contribution in [0.15, 0.2) is 42.9 Å². The van der Waals surface area contributed by atoms with Gasteiger partial charge in [0, 0.05) is 42.4 Å². The van der Waals surface area contributed by atoms with Crippen LogP contribution in [-0.4, -0.2) is 35.2 Å². The third-order valence-corrected chi connectivity index (χ3v) is 5.94. The number of nitrogens with two attached hydrogens (primary N) is 1. The first kappa shape index (κ1) is 18.0. The SMILES string of the molecule is NC(=O)/C=C/c1c(-c2c(-c3ccn(C4CC4)n3)nc3n2CCC3)ncc2ncccc12. The van der Waals surface area contributed by atoms with Gasteiger partial charge in [0.25, 0.3) is 0 Å². The van der Waals surface area contributed by atoms with E-state index in [-0.39, 0.29) is 0 Å². The van der Waals surface area contributed by atoms with Gasteiger partial charge in [0.05, 0.1) is 29.1 Å². The van der Waals surface area contributed by atoms with Crippen molar-refractivity contribution in [1.82, 2.24) is 29.3 Å². The van der Waals surface area contributed by atoms with Crippen LogP contribution in [-0.2, 0) is 17.8 Å². The zero-order valence-corrected chi connectivity index (χ0v) is 16.9. The predicted octanol–water partition coefficient (Wildman–Crippen LogP) is 3.14. The second-order valence-electron chi connectivity index (χ2n) is 8.08. The fourth-order valence-corrected chi connectivity index (χ4v) is 4.35. The number of aryl methyl sites for hydroxylation is 1. The topological polar surface area (TPSA) is 105 Å². The summed E-state index contributed by atoms with van der Waals surface area (Å²) in [7, 11) is 0. The Kier molecular flexibility index (Phi) is 3.99. The number of carbonyl (C=O) groups excluding carboxylic acids is 1. The Balaban J connectivity index is 1.60. The van der Waals surface area contributed by atoms with Crippen LogP contribution in [0.25, 0.3) is 39.8 Å². The predicted molar refractivity (Wildman–Crippen MR) is 117 cm³/mol. The molecule has 8 heteroatoms. The Bertz CT molecular complexity index is 1360. The van der Waals surface area contributed by atoms with Gasteiger partial charge >= 0.3 is 0 Å². The van der Waals surface area contributed by atoms with Gasteiger partial charge in [-0.3, -0.25) is 19.4 Å². The molecule has 6 rings (SSSR count). The summed E-state index contributed by atoms with van der Waals surface area (Å²) in [6.07, 6.45) is 13.0. The molecule has 31 heavy (non-hydrogen) atoms. The molecular weight excluding hydrogens is 390 g/mol. The van der Waals surface area contributed by atoms with Gasteiger partial charge in [-0.05, 0) is 37.5 Å². The molecule has 1 amide bonds. The molecule has 0 bridgehead atoms. The lowest BCUT2D eigenvalue weighted by molar-refractivity contribution is -0.113. The zero-order chi connectivity index (χ0) is 20.9. The summed E-state index contributed by atoms with van der Waals surface area (Å²) in [5.74, 6) is 0.539. The highest BCUT2D eigenvalue weighted by atomic mass is 16.1. The van der Waals surface area contributed by atoms with Gasteiger partial charge in [0.15, 0.2) is 0 Å². The summed E-state index contributed by atoms with van der Waals surface area (Å²) >= 11 is 0. The van der Waals surface area contributed by atoms with Crippen molar-refractivity contribution in [3.8, 4) is 22.8 Å². The molecule has 0 radical (unpaired) electrons. The van der Waals surface area contributed by atoms with E-state index in [0.717, 1.165) is 64.5 Å². The lowest BCUT2D eigenvalue weighted by Gasteiger charge is -2.12. The standard InChI is InChI=1S/C23H21N7O/c24-19(31)8-7-16-15-3-1-10-25-18(15)13-26-21(16)23-22(27-20-4-2-11-29(20)23)17-9-12-30(28-17)14-5-6-14/h1,3,7-10,12-14H,2,4-6,11H2,(H2,24,31)/b8-7+. The number of primary amides is 1. The van der Waals surface area contributed by atoms with Crippen LogP contribution in [0.3, 0.4) is 0 Å². The molecule has 0 saturated heterocycles. The molecule has 154 valence electrons. The molecule has 4 aromatic heterocycles. The summed E-state index contributed by atoms with van der Waals surface area (Å²) < 4.78 is 4.27. The quantitative estimate of drug-likeness (QED) is 0.508. The summed E-state index contributed by atoms with van der Waals surface area (Å²) in [6, 6.07) is 6.40. The second-order valence-corrected chi connectivity index (χ2v) is 8.08. The third-order valence-electron chi connectivity index (χ3n) is 5.94. The second kappa shape index (κ2) is 6.87. The number of carbonyl (C=O) groups is 1. The first-order valence-electron chi connectivity index (χ1n) is 10.6. The van der Waals surface area contributed by atoms with Gasteiger partial charge in [-0.15, -0.1) is 0 Å². The maximum absolute atomic E-state index is 11.5. The van der Waals surface area contributed by atoms with Gasteiger partial charge in [-0.25, -0.2) is 4.98 Å². The minimum atomic E-state index is -0.506. The van der Waals surface area contributed by atoms with E-state index in [9.17, 15) is 4.79 Å². The van der Waals surface area contributed by atoms with Crippen molar-refractivity contribution in [2.45, 2.75) is 38.3 Å². The number of amides is 1. The maximum Gasteiger partial charge on any atom is 0.241 e. The molecule has 0 aromatic carbocycles. The van der Waals surface area contributed by atoms with Crippen LogP contribution in [0.4, 0.5) is 0 Å². The summed E-state index contributed by atoms with van der Waals surface area (Å²) in [5, 5.41) is 5.73. The molecular formula is C23H21N7O. The van der Waals surface area contributed by atoms with Crippen molar-refractivity contribution in [2.24, 2.45) is 5.73 Å². The Morgan fingerprint density at radius 2 is 2.10 bits per heavy atom. The number of imidazole rings is 1. The molecule has 5 heterocycles. The summed E-state index contributed by atoms with van der Waals surface area (Å²) in [6.45, 7) is 0.882. The van der Waals surface area contributed by atoms with E-state index in [2.05, 4.69) is 9.55 Å². The number of nitrogens with zero attached hydrogens (tertiary/aromatic N) is 6. The van der Waals surface area contributed by atoms with Crippen LogP contribution in [0.2, 0.25) is 0 Å². The highest BCUT2D eigenvalue weighted by molar-refractivity contribution is 5.99. The van der Waals surface area contributed by atoms with E-state index in [1.807, 2.05) is 29.1 Å². The molecule has 2 N–H and O–H groups in total. The average molecular weight is 411 g/mol. The molecule has 1 aliphatic carbocycles. The minimum absolute atomic E-state index is 0.505. The first-order valence-corrected chi connectivity index (χ1v) is 10.6. The average Bonchev–Trinajstić information content (AvgIpc) is 3.18. The molecule has 0 atom stereocenters. The van der Waals surface area contributed by atoms with Crippen molar-refractivity contribution >= 4 is 22.9 Å². The monoisotopic (exact) mass is 411 g/mol. The Hall–Kier alpha value is -3.81. The normalized spacial score (nSPS) is 15.7. The van der Waals surface area contributed by atoms with Crippen LogP contribution in [0, 0.1) is 0 Å². The van der Waals surface area contributed by atoms with E-state index in [0.29, 0.717) is 6.04 Å². The smallest absolute Gasteiger partial charge is 0.241 e. The van der Waals surface area contributed by atoms with Gasteiger partial charge < -0.3 is 10.3 Å². The number of pyridine rings is 2. The molecule has 1 saturated carbocycles. The fourth-order valence-electron chi connectivity index (χ4n) is 4.35. The molecule has 8 nitrogen and oxygen atoms in total. The van der Waals surface area contributed by atoms with Gasteiger partial charge in [0.2, 0.25) is 5.91 Å². The zero-order valence-electron chi connectivity index (χ0n) is 16.9. The highest BCUT2D eigenvalue weighted by Gasteiger charge is 2.29. The molecule has 0 unspecified atom stereocenters. The highest BCUT2D eigenvalue weighted by Crippen LogP contribution is 2.39. The molecule has 1 aliphatic heterocycles. The molecule has 0 spiro atoms. The van der Waals surface area contributed by atoms with Crippen molar-refractivity contribution in [1.29, 1.82) is 0 Å². The van der Waals surface area contributed by atoms with Gasteiger partial charge in [-0.2, -0.15) is 5.10 Å². The van der Waals surface area contributed by atoms with Crippen LogP contribution < -0.4 is 5.73 Å². The maximum atomic E-state index is 11.5. The third kappa shape index (κ3) is 3.02. The van der Waals surface area contributed by atoms with Crippen molar-refractivity contribution in [3.63, 3.8) is 0 Å². The first-order chi connectivity index (χ1) is 15.2. The van der Waals surface area contributed by atoms with Gasteiger partial charge in [-0.1, -0.05) is 6.07 Å². The minimum Gasteiger partial charge on any atom is -0.366 e. The lowest BCUT2D eigenvalue weighted by atomic mass is 10.0. The van der Waals surface area contributed by atoms with Gasteiger partial charge in [0.1, 0.15) is 17.2 Å². The van der Waals surface area contributed by atoms with Crippen LogP contribution >= 0.6 is 0 Å². The molecule has 4 aromatic rings. The van der Waals surface area contributed by atoms with E-state index < -0.39 is 5.91 Å². The molecule has 1 fully saturated rings. The van der Waals surface area contributed by atoms with Crippen molar-refractivity contribution < 1.29 is 4.79 Å². The number of hydrogen-bond acceptors (Lipinski definition) is 5. The molecule has 2 aliphatic rings. The summed E-state index contributed by atoms with van der Waals surface area (Å²) in [4.78, 5) is 25.7. The number of hydrogen-bond donors (Lipinski definition) is 1. The number of rotatable bonds is 5. The number of aromatic nitrogens is 6. The van der Waals surface area contributed by atoms with Crippen LogP contribution in [0.1, 0.15) is 36.7 Å². The number of fused-ring (bicyclic) bond motifs is 2.